The number of benzene rings is 2. The fourth-order valence-corrected chi connectivity index (χ4v) is 3.20. The highest BCUT2D eigenvalue weighted by atomic mass is 79.9. The molecule has 1 aliphatic carbocycles. The molecule has 1 aliphatic rings. The van der Waals surface area contributed by atoms with Gasteiger partial charge in [0.15, 0.2) is 0 Å². The van der Waals surface area contributed by atoms with Gasteiger partial charge in [-0.05, 0) is 34.2 Å². The first kappa shape index (κ1) is 10.1. The molecular formula is C15H13Br. The highest BCUT2D eigenvalue weighted by Gasteiger charge is 2.25. The first-order chi connectivity index (χ1) is 7.81. The molecule has 0 spiro atoms. The van der Waals surface area contributed by atoms with Gasteiger partial charge in [0, 0.05) is 0 Å². The van der Waals surface area contributed by atoms with Crippen molar-refractivity contribution in [2.45, 2.75) is 18.2 Å². The van der Waals surface area contributed by atoms with Crippen molar-refractivity contribution in [2.75, 3.05) is 0 Å². The van der Waals surface area contributed by atoms with Gasteiger partial charge in [-0.15, -0.1) is 0 Å². The van der Waals surface area contributed by atoms with E-state index in [4.69, 9.17) is 0 Å². The van der Waals surface area contributed by atoms with Gasteiger partial charge in [0.2, 0.25) is 0 Å². The fourth-order valence-electron chi connectivity index (χ4n) is 2.42. The van der Waals surface area contributed by atoms with Crippen molar-refractivity contribution in [2.24, 2.45) is 0 Å². The minimum atomic E-state index is 0.366. The van der Waals surface area contributed by atoms with Crippen LogP contribution in [0.25, 0.3) is 11.1 Å². The summed E-state index contributed by atoms with van der Waals surface area (Å²) in [7, 11) is 0. The van der Waals surface area contributed by atoms with Crippen LogP contribution in [0, 0.1) is 0 Å². The van der Waals surface area contributed by atoms with Gasteiger partial charge in [0.05, 0.1) is 4.83 Å². The zero-order valence-corrected chi connectivity index (χ0v) is 10.8. The van der Waals surface area contributed by atoms with E-state index in [0.717, 1.165) is 6.42 Å². The van der Waals surface area contributed by atoms with Crippen LogP contribution in [0.1, 0.15) is 28.4 Å². The Balaban J connectivity index is 2.24. The summed E-state index contributed by atoms with van der Waals surface area (Å²) in [5.41, 5.74) is 6.99. The number of halogens is 1. The maximum atomic E-state index is 3.80. The summed E-state index contributed by atoms with van der Waals surface area (Å²) in [6.45, 7) is 2.20. The van der Waals surface area contributed by atoms with Crippen molar-refractivity contribution in [1.82, 2.24) is 0 Å². The number of rotatable bonds is 1. The molecule has 16 heavy (non-hydrogen) atoms. The molecule has 0 aromatic heterocycles. The lowest BCUT2D eigenvalue weighted by Gasteiger charge is -2.05. The third-order valence-electron chi connectivity index (χ3n) is 3.32. The summed E-state index contributed by atoms with van der Waals surface area (Å²) in [5.74, 6) is 0. The second-order valence-electron chi connectivity index (χ2n) is 4.22. The average Bonchev–Trinajstić information content (AvgIpc) is 2.64. The van der Waals surface area contributed by atoms with Gasteiger partial charge in [0.25, 0.3) is 0 Å². The number of aryl methyl sites for hydroxylation is 1. The van der Waals surface area contributed by atoms with Gasteiger partial charge in [0.1, 0.15) is 0 Å². The van der Waals surface area contributed by atoms with E-state index in [0.29, 0.717) is 4.83 Å². The van der Waals surface area contributed by atoms with Gasteiger partial charge < -0.3 is 0 Å². The third kappa shape index (κ3) is 1.35. The third-order valence-corrected chi connectivity index (χ3v) is 4.31. The van der Waals surface area contributed by atoms with Gasteiger partial charge in [-0.2, -0.15) is 0 Å². The van der Waals surface area contributed by atoms with Crippen LogP contribution in [0.4, 0.5) is 0 Å². The van der Waals surface area contributed by atoms with Gasteiger partial charge in [-0.1, -0.05) is 65.3 Å². The molecule has 0 heterocycles. The van der Waals surface area contributed by atoms with Crippen LogP contribution < -0.4 is 0 Å². The Morgan fingerprint density at radius 3 is 2.56 bits per heavy atom. The Morgan fingerprint density at radius 2 is 1.75 bits per heavy atom. The molecule has 3 rings (SSSR count). The summed E-state index contributed by atoms with van der Waals surface area (Å²) >= 11 is 3.80. The van der Waals surface area contributed by atoms with Crippen LogP contribution in [0.15, 0.2) is 42.5 Å². The van der Waals surface area contributed by atoms with Crippen LogP contribution in [-0.4, -0.2) is 0 Å². The lowest BCUT2D eigenvalue weighted by atomic mass is 10.0. The van der Waals surface area contributed by atoms with Crippen molar-refractivity contribution in [3.63, 3.8) is 0 Å². The Bertz CT molecular complexity index is 543. The van der Waals surface area contributed by atoms with Gasteiger partial charge in [-0.3, -0.25) is 0 Å². The smallest absolute Gasteiger partial charge is 0.0656 e. The summed E-state index contributed by atoms with van der Waals surface area (Å²) in [6, 6.07) is 15.5. The van der Waals surface area contributed by atoms with Crippen molar-refractivity contribution >= 4 is 15.9 Å². The van der Waals surface area contributed by atoms with Crippen molar-refractivity contribution in [3.05, 3.63) is 59.2 Å². The molecule has 1 unspecified atom stereocenters. The molecule has 2 aromatic carbocycles. The Labute approximate surface area is 104 Å². The molecule has 1 heteroatoms. The van der Waals surface area contributed by atoms with Crippen molar-refractivity contribution in [3.8, 4) is 11.1 Å². The summed E-state index contributed by atoms with van der Waals surface area (Å²) in [6.07, 6.45) is 1.10. The number of hydrogen-bond acceptors (Lipinski definition) is 0. The molecule has 0 nitrogen and oxygen atoms in total. The van der Waals surface area contributed by atoms with Crippen molar-refractivity contribution in [1.29, 1.82) is 0 Å². The second kappa shape index (κ2) is 3.74. The highest BCUT2D eigenvalue weighted by Crippen LogP contribution is 2.47. The predicted molar refractivity (Wildman–Crippen MR) is 72.0 cm³/mol. The topological polar surface area (TPSA) is 0 Å². The van der Waals surface area contributed by atoms with E-state index in [1.54, 1.807) is 0 Å². The molecule has 0 saturated heterocycles. The molecule has 0 aliphatic heterocycles. The van der Waals surface area contributed by atoms with Crippen LogP contribution in [0.2, 0.25) is 0 Å². The number of hydrogen-bond donors (Lipinski definition) is 0. The van der Waals surface area contributed by atoms with E-state index in [9.17, 15) is 0 Å². The van der Waals surface area contributed by atoms with Crippen LogP contribution in [0.5, 0.6) is 0 Å². The normalized spacial score (nSPS) is 17.0. The number of alkyl halides is 1. The van der Waals surface area contributed by atoms with E-state index < -0.39 is 0 Å². The monoisotopic (exact) mass is 272 g/mol. The van der Waals surface area contributed by atoms with E-state index in [1.807, 2.05) is 0 Å². The minimum absolute atomic E-state index is 0.366. The molecule has 0 saturated carbocycles. The zero-order chi connectivity index (χ0) is 11.1. The quantitative estimate of drug-likeness (QED) is 0.660. The largest absolute Gasteiger partial charge is 0.0786 e. The van der Waals surface area contributed by atoms with Crippen LogP contribution in [-0.2, 0) is 6.42 Å². The van der Waals surface area contributed by atoms with E-state index in [2.05, 4.69) is 65.3 Å². The molecular weight excluding hydrogens is 260 g/mol. The molecule has 2 aromatic rings. The highest BCUT2D eigenvalue weighted by molar-refractivity contribution is 9.09. The molecule has 80 valence electrons. The summed E-state index contributed by atoms with van der Waals surface area (Å²) < 4.78 is 0. The Kier molecular flexibility index (Phi) is 2.36. The molecule has 1 atom stereocenters. The Hall–Kier alpha value is -1.08. The molecule has 0 N–H and O–H groups in total. The predicted octanol–water partition coefficient (Wildman–Crippen LogP) is 4.71. The summed E-state index contributed by atoms with van der Waals surface area (Å²) in [5, 5.41) is 0. The van der Waals surface area contributed by atoms with E-state index >= 15 is 0 Å². The first-order valence-electron chi connectivity index (χ1n) is 5.67. The van der Waals surface area contributed by atoms with Crippen LogP contribution >= 0.6 is 15.9 Å². The minimum Gasteiger partial charge on any atom is -0.0786 e. The summed E-state index contributed by atoms with van der Waals surface area (Å²) in [4.78, 5) is 0.366. The van der Waals surface area contributed by atoms with Gasteiger partial charge >= 0.3 is 0 Å². The molecule has 0 fully saturated rings. The fraction of sp³-hybridized carbons (Fsp3) is 0.200. The SMILES string of the molecule is CCc1ccc2c(c1)C(Br)c1ccccc1-2. The lowest BCUT2D eigenvalue weighted by molar-refractivity contribution is 1.12. The van der Waals surface area contributed by atoms with Gasteiger partial charge in [-0.25, -0.2) is 0 Å². The Morgan fingerprint density at radius 1 is 1.00 bits per heavy atom. The maximum Gasteiger partial charge on any atom is 0.0656 e. The molecule has 0 amide bonds. The first-order valence-corrected chi connectivity index (χ1v) is 6.59. The van der Waals surface area contributed by atoms with E-state index in [1.165, 1.54) is 27.8 Å². The molecule has 0 radical (unpaired) electrons. The maximum absolute atomic E-state index is 3.80. The standard InChI is InChI=1S/C15H13Br/c1-2-10-7-8-12-11-5-3-4-6-13(11)15(16)14(12)9-10/h3-9,15H,2H2,1H3. The number of fused-ring (bicyclic) bond motifs is 3. The molecule has 0 bridgehead atoms. The van der Waals surface area contributed by atoms with Crippen LogP contribution in [0.3, 0.4) is 0 Å². The zero-order valence-electron chi connectivity index (χ0n) is 9.20. The second-order valence-corrected chi connectivity index (χ2v) is 5.14. The van der Waals surface area contributed by atoms with Crippen molar-refractivity contribution < 1.29 is 0 Å². The average molecular weight is 273 g/mol. The van der Waals surface area contributed by atoms with E-state index in [-0.39, 0.29) is 0 Å². The lowest BCUT2D eigenvalue weighted by Crippen LogP contribution is -1.87.